The number of nitrogens with one attached hydrogen (secondary N) is 3. The van der Waals surface area contributed by atoms with E-state index in [4.69, 9.17) is 0 Å². The average Bonchev–Trinajstić information content (AvgIpc) is 3.14. The van der Waals surface area contributed by atoms with Gasteiger partial charge in [-0.1, -0.05) is 26.0 Å². The van der Waals surface area contributed by atoms with Gasteiger partial charge in [-0.25, -0.2) is 9.98 Å². The molecule has 0 fully saturated rings. The van der Waals surface area contributed by atoms with Gasteiger partial charge in [-0.05, 0) is 37.5 Å². The van der Waals surface area contributed by atoms with E-state index in [-0.39, 0.29) is 36.4 Å². The number of hydrogen-bond acceptors (Lipinski definition) is 4. The Bertz CT molecular complexity index is 763. The fraction of sp³-hybridized carbons (Fsp3) is 0.450. The van der Waals surface area contributed by atoms with Crippen LogP contribution in [0, 0.1) is 0 Å². The lowest BCUT2D eigenvalue weighted by Gasteiger charge is -2.11. The molecule has 0 saturated carbocycles. The number of carbonyl (C=O) groups is 1. The monoisotopic (exact) mass is 515 g/mol. The molecular formula is C20H30IN5OS. The summed E-state index contributed by atoms with van der Waals surface area (Å²) in [6.07, 6.45) is 4.74. The normalized spacial score (nSPS) is 10.9. The molecule has 8 heteroatoms. The van der Waals surface area contributed by atoms with E-state index in [1.54, 1.807) is 11.3 Å². The minimum Gasteiger partial charge on any atom is -0.357 e. The number of aryl methyl sites for hydroxylation is 2. The maximum Gasteiger partial charge on any atom is 0.246 e. The molecule has 154 valence electrons. The van der Waals surface area contributed by atoms with Crippen molar-refractivity contribution in [2.45, 2.75) is 40.0 Å². The van der Waals surface area contributed by atoms with E-state index in [1.165, 1.54) is 10.4 Å². The van der Waals surface area contributed by atoms with Crippen molar-refractivity contribution in [3.63, 3.8) is 0 Å². The van der Waals surface area contributed by atoms with E-state index in [2.05, 4.69) is 39.8 Å². The molecule has 0 radical (unpaired) electrons. The lowest BCUT2D eigenvalue weighted by atomic mass is 10.1. The molecule has 1 aromatic carbocycles. The first-order valence-electron chi connectivity index (χ1n) is 9.49. The number of hydrogen-bond donors (Lipinski definition) is 3. The van der Waals surface area contributed by atoms with Gasteiger partial charge in [-0.15, -0.1) is 35.3 Å². The summed E-state index contributed by atoms with van der Waals surface area (Å²) in [6.45, 7) is 7.76. The fourth-order valence-corrected chi connectivity index (χ4v) is 3.34. The third-order valence-electron chi connectivity index (χ3n) is 3.93. The van der Waals surface area contributed by atoms with Gasteiger partial charge in [0, 0.05) is 36.3 Å². The van der Waals surface area contributed by atoms with Gasteiger partial charge in [-0.3, -0.25) is 4.79 Å². The molecule has 2 rings (SSSR count). The van der Waals surface area contributed by atoms with E-state index < -0.39 is 0 Å². The number of benzene rings is 1. The Morgan fingerprint density at radius 1 is 1.18 bits per heavy atom. The molecule has 0 saturated heterocycles. The third kappa shape index (κ3) is 8.55. The Kier molecular flexibility index (Phi) is 11.7. The number of amides is 1. The molecule has 1 amide bonds. The molecule has 1 aromatic heterocycles. The summed E-state index contributed by atoms with van der Waals surface area (Å²) in [6, 6.07) is 7.88. The van der Waals surface area contributed by atoms with Gasteiger partial charge in [0.15, 0.2) is 5.96 Å². The highest BCUT2D eigenvalue weighted by Crippen LogP contribution is 2.13. The van der Waals surface area contributed by atoms with Gasteiger partial charge < -0.3 is 16.0 Å². The Labute approximate surface area is 188 Å². The van der Waals surface area contributed by atoms with Gasteiger partial charge in [0.1, 0.15) is 6.54 Å². The number of nitrogens with zero attached hydrogens (tertiary/aromatic N) is 2. The quantitative estimate of drug-likeness (QED) is 0.271. The van der Waals surface area contributed by atoms with Gasteiger partial charge in [-0.2, -0.15) is 0 Å². The topological polar surface area (TPSA) is 78.4 Å². The van der Waals surface area contributed by atoms with Crippen molar-refractivity contribution in [2.24, 2.45) is 4.99 Å². The van der Waals surface area contributed by atoms with Crippen molar-refractivity contribution in [1.29, 1.82) is 0 Å². The second-order valence-corrected chi connectivity index (χ2v) is 7.25. The SMILES string of the molecule is CCNC(=NCC(=O)Nc1cccc(CC)c1)NCCc1ncc(CC)s1.I. The first kappa shape index (κ1) is 24.4. The molecule has 0 bridgehead atoms. The number of thiazole rings is 1. The zero-order valence-corrected chi connectivity index (χ0v) is 19.9. The Morgan fingerprint density at radius 3 is 2.68 bits per heavy atom. The van der Waals surface area contributed by atoms with E-state index in [1.807, 2.05) is 37.4 Å². The van der Waals surface area contributed by atoms with Crippen LogP contribution >= 0.6 is 35.3 Å². The molecule has 6 nitrogen and oxygen atoms in total. The maximum absolute atomic E-state index is 12.2. The van der Waals surface area contributed by atoms with Crippen LogP contribution in [0.25, 0.3) is 0 Å². The van der Waals surface area contributed by atoms with Crippen molar-refractivity contribution in [3.05, 3.63) is 45.9 Å². The summed E-state index contributed by atoms with van der Waals surface area (Å²) in [5.74, 6) is 0.509. The van der Waals surface area contributed by atoms with Gasteiger partial charge in [0.05, 0.1) is 5.01 Å². The first-order chi connectivity index (χ1) is 13.1. The number of anilines is 1. The standard InChI is InChI=1S/C20H29N5OS.HI/c1-4-15-8-7-9-16(12-15)25-18(26)14-24-20(21-6-3)22-11-10-19-23-13-17(5-2)27-19;/h7-9,12-13H,4-6,10-11,14H2,1-3H3,(H,25,26)(H2,21,22,24);1H. The van der Waals surface area contributed by atoms with E-state index in [0.29, 0.717) is 5.96 Å². The van der Waals surface area contributed by atoms with Gasteiger partial charge in [0.2, 0.25) is 5.91 Å². The molecule has 2 aromatic rings. The fourth-order valence-electron chi connectivity index (χ4n) is 2.48. The number of guanidine groups is 1. The zero-order chi connectivity index (χ0) is 19.5. The Balaban J connectivity index is 0.00000392. The Morgan fingerprint density at radius 2 is 2.00 bits per heavy atom. The summed E-state index contributed by atoms with van der Waals surface area (Å²) in [5, 5.41) is 10.4. The highest BCUT2D eigenvalue weighted by atomic mass is 127. The van der Waals surface area contributed by atoms with Gasteiger partial charge in [0.25, 0.3) is 0 Å². The zero-order valence-electron chi connectivity index (χ0n) is 16.7. The van der Waals surface area contributed by atoms with Crippen LogP contribution in [0.2, 0.25) is 0 Å². The van der Waals surface area contributed by atoms with Crippen LogP contribution in [-0.4, -0.2) is 36.5 Å². The largest absolute Gasteiger partial charge is 0.357 e. The number of aromatic nitrogens is 1. The Hall–Kier alpha value is -1.68. The first-order valence-corrected chi connectivity index (χ1v) is 10.3. The second kappa shape index (κ2) is 13.5. The van der Waals surface area contributed by atoms with Crippen LogP contribution in [0.5, 0.6) is 0 Å². The minimum absolute atomic E-state index is 0. The maximum atomic E-state index is 12.2. The number of aliphatic imine (C=N–C) groups is 1. The molecule has 0 aliphatic rings. The lowest BCUT2D eigenvalue weighted by Crippen LogP contribution is -2.39. The van der Waals surface area contributed by atoms with Crippen molar-refractivity contribution in [1.82, 2.24) is 15.6 Å². The summed E-state index contributed by atoms with van der Waals surface area (Å²) < 4.78 is 0. The van der Waals surface area contributed by atoms with Crippen molar-refractivity contribution in [3.8, 4) is 0 Å². The molecule has 1 heterocycles. The third-order valence-corrected chi connectivity index (χ3v) is 5.13. The highest BCUT2D eigenvalue weighted by Gasteiger charge is 2.05. The molecule has 0 unspecified atom stereocenters. The number of rotatable bonds is 9. The molecule has 0 aliphatic carbocycles. The summed E-state index contributed by atoms with van der Waals surface area (Å²) in [7, 11) is 0. The van der Waals surface area contributed by atoms with Crippen LogP contribution < -0.4 is 16.0 Å². The molecule has 3 N–H and O–H groups in total. The van der Waals surface area contributed by atoms with Crippen LogP contribution in [0.4, 0.5) is 5.69 Å². The predicted molar refractivity (Wildman–Crippen MR) is 129 cm³/mol. The van der Waals surface area contributed by atoms with Crippen LogP contribution in [0.3, 0.4) is 0 Å². The molecule has 0 aliphatic heterocycles. The summed E-state index contributed by atoms with van der Waals surface area (Å²) >= 11 is 1.74. The van der Waals surface area contributed by atoms with E-state index in [0.717, 1.165) is 43.0 Å². The average molecular weight is 515 g/mol. The van der Waals surface area contributed by atoms with Gasteiger partial charge >= 0.3 is 0 Å². The molecule has 28 heavy (non-hydrogen) atoms. The van der Waals surface area contributed by atoms with Crippen LogP contribution in [-0.2, 0) is 24.1 Å². The van der Waals surface area contributed by atoms with Crippen molar-refractivity contribution >= 4 is 52.9 Å². The lowest BCUT2D eigenvalue weighted by molar-refractivity contribution is -0.114. The van der Waals surface area contributed by atoms with Crippen molar-refractivity contribution < 1.29 is 4.79 Å². The summed E-state index contributed by atoms with van der Waals surface area (Å²) in [5.41, 5.74) is 2.00. The number of halogens is 1. The molecular weight excluding hydrogens is 485 g/mol. The van der Waals surface area contributed by atoms with Crippen LogP contribution in [0.15, 0.2) is 35.5 Å². The highest BCUT2D eigenvalue weighted by molar-refractivity contribution is 14.0. The van der Waals surface area contributed by atoms with E-state index in [9.17, 15) is 4.79 Å². The molecule has 0 spiro atoms. The van der Waals surface area contributed by atoms with E-state index >= 15 is 0 Å². The summed E-state index contributed by atoms with van der Waals surface area (Å²) in [4.78, 5) is 22.3. The van der Waals surface area contributed by atoms with Crippen LogP contribution in [0.1, 0.15) is 36.2 Å². The minimum atomic E-state index is -0.132. The second-order valence-electron chi connectivity index (χ2n) is 6.05. The number of carbonyl (C=O) groups excluding carboxylic acids is 1. The predicted octanol–water partition coefficient (Wildman–Crippen LogP) is 3.62. The molecule has 0 atom stereocenters. The van der Waals surface area contributed by atoms with Crippen molar-refractivity contribution in [2.75, 3.05) is 25.0 Å². The smallest absolute Gasteiger partial charge is 0.246 e.